The SMILES string of the molecule is C/C=C/CC=C(C)C(=O)O. The summed E-state index contributed by atoms with van der Waals surface area (Å²) in [5.74, 6) is -0.843. The summed E-state index contributed by atoms with van der Waals surface area (Å²) in [6.45, 7) is 3.50. The van der Waals surface area contributed by atoms with Crippen LogP contribution in [-0.4, -0.2) is 11.1 Å². The number of hydrogen-bond donors (Lipinski definition) is 1. The normalized spacial score (nSPS) is 12.4. The van der Waals surface area contributed by atoms with E-state index in [0.717, 1.165) is 0 Å². The summed E-state index contributed by atoms with van der Waals surface area (Å²) >= 11 is 0. The Kier molecular flexibility index (Phi) is 4.29. The number of carbonyl (C=O) groups is 1. The zero-order valence-corrected chi connectivity index (χ0v) is 6.29. The standard InChI is InChI=1S/C8H12O2/c1-3-4-5-6-7(2)8(9)10/h3-4,6H,5H2,1-2H3,(H,9,10)/b4-3+,7-6?. The van der Waals surface area contributed by atoms with Crippen LogP contribution in [-0.2, 0) is 4.79 Å². The van der Waals surface area contributed by atoms with Crippen LogP contribution in [0.5, 0.6) is 0 Å². The Labute approximate surface area is 60.9 Å². The largest absolute Gasteiger partial charge is 0.478 e. The molecule has 0 unspecified atom stereocenters. The van der Waals surface area contributed by atoms with Crippen molar-refractivity contribution in [2.75, 3.05) is 0 Å². The van der Waals surface area contributed by atoms with E-state index in [1.165, 1.54) is 0 Å². The number of carboxylic acid groups (broad SMARTS) is 1. The first-order valence-electron chi connectivity index (χ1n) is 3.19. The van der Waals surface area contributed by atoms with Crippen molar-refractivity contribution in [3.05, 3.63) is 23.8 Å². The molecule has 0 heterocycles. The lowest BCUT2D eigenvalue weighted by Gasteiger charge is -1.88. The van der Waals surface area contributed by atoms with Crippen LogP contribution >= 0.6 is 0 Å². The van der Waals surface area contributed by atoms with Crippen molar-refractivity contribution in [1.29, 1.82) is 0 Å². The fraction of sp³-hybridized carbons (Fsp3) is 0.375. The molecule has 0 aromatic heterocycles. The molecule has 0 radical (unpaired) electrons. The number of rotatable bonds is 3. The minimum Gasteiger partial charge on any atom is -0.478 e. The minimum atomic E-state index is -0.843. The van der Waals surface area contributed by atoms with E-state index in [1.807, 2.05) is 19.1 Å². The van der Waals surface area contributed by atoms with Gasteiger partial charge in [-0.05, 0) is 20.3 Å². The molecule has 56 valence electrons. The predicted molar refractivity (Wildman–Crippen MR) is 40.8 cm³/mol. The summed E-state index contributed by atoms with van der Waals surface area (Å²) in [5, 5.41) is 8.39. The monoisotopic (exact) mass is 140 g/mol. The Hall–Kier alpha value is -1.05. The van der Waals surface area contributed by atoms with Crippen LogP contribution in [0.4, 0.5) is 0 Å². The topological polar surface area (TPSA) is 37.3 Å². The third-order valence-corrected chi connectivity index (χ3v) is 1.13. The molecule has 0 aliphatic carbocycles. The van der Waals surface area contributed by atoms with E-state index < -0.39 is 5.97 Å². The average Bonchev–Trinajstić information content (AvgIpc) is 1.88. The van der Waals surface area contributed by atoms with E-state index in [1.54, 1.807) is 13.0 Å². The van der Waals surface area contributed by atoms with Gasteiger partial charge in [0.15, 0.2) is 0 Å². The molecule has 0 fully saturated rings. The quantitative estimate of drug-likeness (QED) is 0.480. The van der Waals surface area contributed by atoms with E-state index >= 15 is 0 Å². The lowest BCUT2D eigenvalue weighted by molar-refractivity contribution is -0.132. The van der Waals surface area contributed by atoms with E-state index in [4.69, 9.17) is 5.11 Å². The molecule has 0 saturated carbocycles. The van der Waals surface area contributed by atoms with Crippen LogP contribution < -0.4 is 0 Å². The fourth-order valence-corrected chi connectivity index (χ4v) is 0.468. The Morgan fingerprint density at radius 2 is 2.20 bits per heavy atom. The second kappa shape index (κ2) is 4.79. The number of allylic oxidation sites excluding steroid dienone is 3. The Morgan fingerprint density at radius 1 is 1.60 bits per heavy atom. The number of aliphatic carboxylic acids is 1. The molecule has 2 heteroatoms. The van der Waals surface area contributed by atoms with E-state index in [0.29, 0.717) is 12.0 Å². The molecule has 0 saturated heterocycles. The molecule has 0 aromatic rings. The zero-order chi connectivity index (χ0) is 7.98. The van der Waals surface area contributed by atoms with Crippen molar-refractivity contribution < 1.29 is 9.90 Å². The van der Waals surface area contributed by atoms with E-state index in [9.17, 15) is 4.79 Å². The molecule has 0 bridgehead atoms. The lowest BCUT2D eigenvalue weighted by atomic mass is 10.2. The maximum absolute atomic E-state index is 10.2. The highest BCUT2D eigenvalue weighted by Gasteiger charge is 1.95. The Bertz CT molecular complexity index is 166. The molecule has 0 aliphatic heterocycles. The van der Waals surface area contributed by atoms with Crippen LogP contribution in [0.25, 0.3) is 0 Å². The van der Waals surface area contributed by atoms with Gasteiger partial charge in [0.25, 0.3) is 0 Å². The Morgan fingerprint density at radius 3 is 2.60 bits per heavy atom. The summed E-state index contributed by atoms with van der Waals surface area (Å²) in [6, 6.07) is 0. The summed E-state index contributed by atoms with van der Waals surface area (Å²) in [7, 11) is 0. The van der Waals surface area contributed by atoms with Crippen LogP contribution in [0, 0.1) is 0 Å². The molecule has 0 spiro atoms. The third-order valence-electron chi connectivity index (χ3n) is 1.13. The first-order valence-corrected chi connectivity index (χ1v) is 3.19. The molecule has 2 nitrogen and oxygen atoms in total. The smallest absolute Gasteiger partial charge is 0.330 e. The van der Waals surface area contributed by atoms with Gasteiger partial charge in [-0.25, -0.2) is 4.79 Å². The lowest BCUT2D eigenvalue weighted by Crippen LogP contribution is -1.94. The van der Waals surface area contributed by atoms with Crippen molar-refractivity contribution in [2.45, 2.75) is 20.3 Å². The Balaban J connectivity index is 3.80. The summed E-state index contributed by atoms with van der Waals surface area (Å²) < 4.78 is 0. The van der Waals surface area contributed by atoms with Gasteiger partial charge in [-0.1, -0.05) is 18.2 Å². The summed E-state index contributed by atoms with van der Waals surface area (Å²) in [4.78, 5) is 10.2. The van der Waals surface area contributed by atoms with Gasteiger partial charge in [-0.2, -0.15) is 0 Å². The van der Waals surface area contributed by atoms with Gasteiger partial charge in [0.2, 0.25) is 0 Å². The molecule has 10 heavy (non-hydrogen) atoms. The van der Waals surface area contributed by atoms with Crippen molar-refractivity contribution in [3.63, 3.8) is 0 Å². The van der Waals surface area contributed by atoms with Crippen LogP contribution in [0.3, 0.4) is 0 Å². The number of carboxylic acids is 1. The van der Waals surface area contributed by atoms with E-state index in [-0.39, 0.29) is 0 Å². The molecular weight excluding hydrogens is 128 g/mol. The number of hydrogen-bond acceptors (Lipinski definition) is 1. The molecule has 0 amide bonds. The molecular formula is C8H12O2. The van der Waals surface area contributed by atoms with Gasteiger partial charge >= 0.3 is 5.97 Å². The highest BCUT2D eigenvalue weighted by molar-refractivity contribution is 5.85. The fourth-order valence-electron chi connectivity index (χ4n) is 0.468. The van der Waals surface area contributed by atoms with Gasteiger partial charge in [-0.15, -0.1) is 0 Å². The van der Waals surface area contributed by atoms with Crippen molar-refractivity contribution >= 4 is 5.97 Å². The maximum atomic E-state index is 10.2. The van der Waals surface area contributed by atoms with Gasteiger partial charge in [0, 0.05) is 5.57 Å². The van der Waals surface area contributed by atoms with Crippen molar-refractivity contribution in [2.24, 2.45) is 0 Å². The van der Waals surface area contributed by atoms with E-state index in [2.05, 4.69) is 0 Å². The van der Waals surface area contributed by atoms with Crippen molar-refractivity contribution in [3.8, 4) is 0 Å². The highest BCUT2D eigenvalue weighted by atomic mass is 16.4. The zero-order valence-electron chi connectivity index (χ0n) is 6.29. The second-order valence-corrected chi connectivity index (χ2v) is 2.00. The molecule has 0 aromatic carbocycles. The predicted octanol–water partition coefficient (Wildman–Crippen LogP) is 1.98. The minimum absolute atomic E-state index is 0.401. The molecule has 0 rings (SSSR count). The van der Waals surface area contributed by atoms with Crippen LogP contribution in [0.1, 0.15) is 20.3 Å². The maximum Gasteiger partial charge on any atom is 0.330 e. The average molecular weight is 140 g/mol. The van der Waals surface area contributed by atoms with Crippen LogP contribution in [0.2, 0.25) is 0 Å². The molecule has 0 aliphatic rings. The molecule has 0 atom stereocenters. The molecule has 1 N–H and O–H groups in total. The first kappa shape index (κ1) is 8.95. The van der Waals surface area contributed by atoms with Crippen LogP contribution in [0.15, 0.2) is 23.8 Å². The first-order chi connectivity index (χ1) is 4.68. The second-order valence-electron chi connectivity index (χ2n) is 2.00. The summed E-state index contributed by atoms with van der Waals surface area (Å²) in [5.41, 5.74) is 0.401. The highest BCUT2D eigenvalue weighted by Crippen LogP contribution is 1.95. The van der Waals surface area contributed by atoms with Gasteiger partial charge in [0.1, 0.15) is 0 Å². The van der Waals surface area contributed by atoms with Gasteiger partial charge < -0.3 is 5.11 Å². The third kappa shape index (κ3) is 3.89. The van der Waals surface area contributed by atoms with Crippen molar-refractivity contribution in [1.82, 2.24) is 0 Å². The van der Waals surface area contributed by atoms with Gasteiger partial charge in [0.05, 0.1) is 0 Å². The summed E-state index contributed by atoms with van der Waals surface area (Å²) in [6.07, 6.45) is 6.19. The van der Waals surface area contributed by atoms with Gasteiger partial charge in [-0.3, -0.25) is 0 Å².